The van der Waals surface area contributed by atoms with Crippen molar-refractivity contribution < 1.29 is 8.42 Å². The monoisotopic (exact) mass is 324 g/mol. The van der Waals surface area contributed by atoms with E-state index in [0.717, 1.165) is 0 Å². The normalized spacial score (nSPS) is 11.3. The maximum absolute atomic E-state index is 12.2. The van der Waals surface area contributed by atoms with Crippen LogP contribution in [0, 0.1) is 13.8 Å². The minimum Gasteiger partial charge on any atom is -0.389 e. The molecule has 1 aromatic carbocycles. The molecular formula is C13H16N4O2S2. The third-order valence-electron chi connectivity index (χ3n) is 2.98. The summed E-state index contributed by atoms with van der Waals surface area (Å²) in [7, 11) is -3.51. The lowest BCUT2D eigenvalue weighted by molar-refractivity contribution is 0.600. The van der Waals surface area contributed by atoms with Gasteiger partial charge in [0, 0.05) is 5.56 Å². The Hall–Kier alpha value is -1.93. The highest BCUT2D eigenvalue weighted by Crippen LogP contribution is 2.19. The van der Waals surface area contributed by atoms with E-state index < -0.39 is 10.0 Å². The Morgan fingerprint density at radius 2 is 1.95 bits per heavy atom. The fraction of sp³-hybridized carbons (Fsp3) is 0.231. The van der Waals surface area contributed by atoms with Gasteiger partial charge in [0.2, 0.25) is 10.0 Å². The Balaban J connectivity index is 2.16. The highest BCUT2D eigenvalue weighted by Gasteiger charge is 2.16. The first-order chi connectivity index (χ1) is 9.78. The van der Waals surface area contributed by atoms with Crippen molar-refractivity contribution in [3.05, 3.63) is 46.8 Å². The van der Waals surface area contributed by atoms with E-state index in [1.54, 1.807) is 38.1 Å². The van der Waals surface area contributed by atoms with Crippen molar-refractivity contribution in [2.75, 3.05) is 4.72 Å². The zero-order valence-corrected chi connectivity index (χ0v) is 13.3. The lowest BCUT2D eigenvalue weighted by Gasteiger charge is -2.08. The van der Waals surface area contributed by atoms with Gasteiger partial charge in [0.05, 0.1) is 22.8 Å². The molecule has 0 radical (unpaired) electrons. The van der Waals surface area contributed by atoms with E-state index in [0.29, 0.717) is 28.2 Å². The fourth-order valence-electron chi connectivity index (χ4n) is 1.88. The molecule has 21 heavy (non-hydrogen) atoms. The average molecular weight is 324 g/mol. The van der Waals surface area contributed by atoms with Gasteiger partial charge in [0.1, 0.15) is 4.99 Å². The quantitative estimate of drug-likeness (QED) is 0.725. The molecule has 0 aliphatic heterocycles. The van der Waals surface area contributed by atoms with E-state index in [4.69, 9.17) is 18.0 Å². The number of aryl methyl sites for hydroxylation is 2. The maximum atomic E-state index is 12.2. The van der Waals surface area contributed by atoms with Crippen LogP contribution in [0.15, 0.2) is 24.3 Å². The standard InChI is InChI=1S/C13H16N4O2S2/c1-8-12(9(2)16-15-8)17-21(18,19)7-10-3-5-11(6-4-10)13(14)20/h3-6,17H,7H2,1-2H3,(H2,14,20)(H,15,16). The zero-order valence-electron chi connectivity index (χ0n) is 11.7. The number of H-pyrrole nitrogens is 1. The molecule has 8 heteroatoms. The third kappa shape index (κ3) is 3.79. The van der Waals surface area contributed by atoms with Crippen LogP contribution in [0.4, 0.5) is 5.69 Å². The number of anilines is 1. The van der Waals surface area contributed by atoms with Crippen molar-refractivity contribution in [2.24, 2.45) is 5.73 Å². The number of hydrogen-bond donors (Lipinski definition) is 3. The number of rotatable bonds is 5. The molecule has 0 bridgehead atoms. The predicted octanol–water partition coefficient (Wildman–Crippen LogP) is 1.60. The highest BCUT2D eigenvalue weighted by molar-refractivity contribution is 7.91. The van der Waals surface area contributed by atoms with Gasteiger partial charge in [0.25, 0.3) is 0 Å². The summed E-state index contributed by atoms with van der Waals surface area (Å²) in [5, 5.41) is 6.70. The van der Waals surface area contributed by atoms with Crippen LogP contribution < -0.4 is 10.5 Å². The molecule has 0 aliphatic rings. The summed E-state index contributed by atoms with van der Waals surface area (Å²) in [6.45, 7) is 3.49. The van der Waals surface area contributed by atoms with E-state index in [9.17, 15) is 8.42 Å². The summed E-state index contributed by atoms with van der Waals surface area (Å²) in [5.74, 6) is -0.130. The second-order valence-electron chi connectivity index (χ2n) is 4.73. The Labute approximate surface area is 128 Å². The average Bonchev–Trinajstić information content (AvgIpc) is 2.70. The van der Waals surface area contributed by atoms with Gasteiger partial charge >= 0.3 is 0 Å². The van der Waals surface area contributed by atoms with E-state index in [2.05, 4.69) is 14.9 Å². The molecule has 6 nitrogen and oxygen atoms in total. The van der Waals surface area contributed by atoms with Crippen LogP contribution in [0.25, 0.3) is 0 Å². The largest absolute Gasteiger partial charge is 0.389 e. The summed E-state index contributed by atoms with van der Waals surface area (Å²) in [6, 6.07) is 6.81. The second kappa shape index (κ2) is 5.82. The van der Waals surface area contributed by atoms with Crippen LogP contribution in [0.2, 0.25) is 0 Å². The first kappa shape index (κ1) is 15.5. The summed E-state index contributed by atoms with van der Waals surface area (Å²) >= 11 is 4.86. The zero-order chi connectivity index (χ0) is 15.6. The molecule has 0 atom stereocenters. The number of nitrogens with zero attached hydrogens (tertiary/aromatic N) is 1. The fourth-order valence-corrected chi connectivity index (χ4v) is 3.33. The highest BCUT2D eigenvalue weighted by atomic mass is 32.2. The molecule has 0 unspecified atom stereocenters. The van der Waals surface area contributed by atoms with Crippen LogP contribution in [-0.4, -0.2) is 23.6 Å². The van der Waals surface area contributed by atoms with Gasteiger partial charge in [-0.25, -0.2) is 8.42 Å². The van der Waals surface area contributed by atoms with Crippen LogP contribution in [0.5, 0.6) is 0 Å². The Kier molecular flexibility index (Phi) is 4.29. The molecule has 0 fully saturated rings. The molecule has 0 amide bonds. The summed E-state index contributed by atoms with van der Waals surface area (Å²) in [6.07, 6.45) is 0. The molecule has 0 aliphatic carbocycles. The van der Waals surface area contributed by atoms with E-state index in [-0.39, 0.29) is 10.7 Å². The molecule has 2 aromatic rings. The maximum Gasteiger partial charge on any atom is 0.237 e. The molecule has 1 heterocycles. The van der Waals surface area contributed by atoms with Crippen molar-refractivity contribution in [1.29, 1.82) is 0 Å². The minimum absolute atomic E-state index is 0.130. The van der Waals surface area contributed by atoms with Gasteiger partial charge in [-0.1, -0.05) is 36.5 Å². The number of nitrogens with one attached hydrogen (secondary N) is 2. The lowest BCUT2D eigenvalue weighted by atomic mass is 10.1. The van der Waals surface area contributed by atoms with Crippen molar-refractivity contribution in [3.8, 4) is 0 Å². The molecule has 0 saturated heterocycles. The Morgan fingerprint density at radius 1 is 1.33 bits per heavy atom. The Morgan fingerprint density at radius 3 is 2.43 bits per heavy atom. The number of nitrogens with two attached hydrogens (primary N) is 1. The number of aromatic amines is 1. The van der Waals surface area contributed by atoms with Gasteiger partial charge in [-0.05, 0) is 19.4 Å². The van der Waals surface area contributed by atoms with E-state index in [1.807, 2.05) is 0 Å². The SMILES string of the molecule is Cc1n[nH]c(C)c1NS(=O)(=O)Cc1ccc(C(N)=S)cc1. The predicted molar refractivity (Wildman–Crippen MR) is 86.6 cm³/mol. The van der Waals surface area contributed by atoms with Gasteiger partial charge in [-0.2, -0.15) is 5.10 Å². The van der Waals surface area contributed by atoms with Crippen molar-refractivity contribution in [3.63, 3.8) is 0 Å². The number of thiocarbonyl (C=S) groups is 1. The minimum atomic E-state index is -3.51. The summed E-state index contributed by atoms with van der Waals surface area (Å²) < 4.78 is 26.9. The topological polar surface area (TPSA) is 101 Å². The van der Waals surface area contributed by atoms with E-state index >= 15 is 0 Å². The number of hydrogen-bond acceptors (Lipinski definition) is 4. The second-order valence-corrected chi connectivity index (χ2v) is 6.89. The van der Waals surface area contributed by atoms with Gasteiger partial charge in [0.15, 0.2) is 0 Å². The summed E-state index contributed by atoms with van der Waals surface area (Å²) in [5.41, 5.74) is 8.65. The number of aromatic nitrogens is 2. The van der Waals surface area contributed by atoms with Crippen LogP contribution in [-0.2, 0) is 15.8 Å². The smallest absolute Gasteiger partial charge is 0.237 e. The molecule has 112 valence electrons. The molecule has 0 spiro atoms. The van der Waals surface area contributed by atoms with Crippen LogP contribution >= 0.6 is 12.2 Å². The van der Waals surface area contributed by atoms with Crippen molar-refractivity contribution in [1.82, 2.24) is 10.2 Å². The van der Waals surface area contributed by atoms with E-state index in [1.165, 1.54) is 0 Å². The summed E-state index contributed by atoms with van der Waals surface area (Å²) in [4.78, 5) is 0.284. The van der Waals surface area contributed by atoms with Gasteiger partial charge in [-0.3, -0.25) is 9.82 Å². The molecule has 4 N–H and O–H groups in total. The molecular weight excluding hydrogens is 308 g/mol. The molecule has 1 aromatic heterocycles. The number of sulfonamides is 1. The molecule has 0 saturated carbocycles. The van der Waals surface area contributed by atoms with Gasteiger partial charge < -0.3 is 5.73 Å². The first-order valence-electron chi connectivity index (χ1n) is 6.19. The first-order valence-corrected chi connectivity index (χ1v) is 8.25. The Bertz CT molecular complexity index is 744. The molecule has 2 rings (SSSR count). The van der Waals surface area contributed by atoms with Gasteiger partial charge in [-0.15, -0.1) is 0 Å². The van der Waals surface area contributed by atoms with Crippen LogP contribution in [0.1, 0.15) is 22.5 Å². The van der Waals surface area contributed by atoms with Crippen LogP contribution in [0.3, 0.4) is 0 Å². The number of benzene rings is 1. The lowest BCUT2D eigenvalue weighted by Crippen LogP contribution is -2.16. The van der Waals surface area contributed by atoms with Crippen molar-refractivity contribution >= 4 is 32.9 Å². The van der Waals surface area contributed by atoms with Crippen molar-refractivity contribution in [2.45, 2.75) is 19.6 Å². The third-order valence-corrected chi connectivity index (χ3v) is 4.45.